The van der Waals surface area contributed by atoms with Gasteiger partial charge in [0.1, 0.15) is 17.2 Å². The second-order valence-corrected chi connectivity index (χ2v) is 3.77. The first-order valence-electron chi connectivity index (χ1n) is 5.65. The minimum absolute atomic E-state index is 0.791. The third-order valence-electron chi connectivity index (χ3n) is 2.81. The highest BCUT2D eigenvalue weighted by Crippen LogP contribution is 2.38. The number of ether oxygens (including phenoxy) is 3. The van der Waals surface area contributed by atoms with Gasteiger partial charge in [0.25, 0.3) is 0 Å². The lowest BCUT2D eigenvalue weighted by atomic mass is 10.0. The van der Waals surface area contributed by atoms with Gasteiger partial charge >= 0.3 is 0 Å². The molecule has 0 saturated carbocycles. The average Bonchev–Trinajstić information content (AvgIpc) is 2.46. The maximum atomic E-state index is 5.39. The molecular formula is C15H16O3. The van der Waals surface area contributed by atoms with E-state index in [1.807, 2.05) is 42.5 Å². The van der Waals surface area contributed by atoms with Crippen LogP contribution in [-0.4, -0.2) is 21.3 Å². The van der Waals surface area contributed by atoms with E-state index in [1.54, 1.807) is 21.3 Å². The molecule has 94 valence electrons. The van der Waals surface area contributed by atoms with Gasteiger partial charge in [-0.3, -0.25) is 0 Å². The van der Waals surface area contributed by atoms with E-state index in [-0.39, 0.29) is 0 Å². The Kier molecular flexibility index (Phi) is 3.72. The zero-order chi connectivity index (χ0) is 13.0. The van der Waals surface area contributed by atoms with Crippen LogP contribution in [0, 0.1) is 0 Å². The molecule has 0 radical (unpaired) electrons. The van der Waals surface area contributed by atoms with Crippen molar-refractivity contribution >= 4 is 0 Å². The molecule has 0 aliphatic heterocycles. The SMILES string of the molecule is COc1ccc(-c2c(OC)cccc2OC)cc1. The van der Waals surface area contributed by atoms with E-state index in [2.05, 4.69) is 0 Å². The lowest BCUT2D eigenvalue weighted by molar-refractivity contribution is 0.397. The molecule has 0 amide bonds. The Morgan fingerprint density at radius 1 is 0.667 bits per heavy atom. The van der Waals surface area contributed by atoms with Crippen LogP contribution in [-0.2, 0) is 0 Å². The summed E-state index contributed by atoms with van der Waals surface area (Å²) in [6.45, 7) is 0. The van der Waals surface area contributed by atoms with Gasteiger partial charge in [0, 0.05) is 0 Å². The van der Waals surface area contributed by atoms with Gasteiger partial charge in [0.05, 0.1) is 26.9 Å². The first kappa shape index (κ1) is 12.3. The molecule has 2 aromatic rings. The van der Waals surface area contributed by atoms with E-state index in [9.17, 15) is 0 Å². The van der Waals surface area contributed by atoms with Gasteiger partial charge < -0.3 is 14.2 Å². The summed E-state index contributed by atoms with van der Waals surface area (Å²) in [7, 11) is 4.96. The van der Waals surface area contributed by atoms with Crippen molar-refractivity contribution in [2.75, 3.05) is 21.3 Å². The minimum atomic E-state index is 0.791. The molecule has 0 atom stereocenters. The van der Waals surface area contributed by atoms with Crippen LogP contribution in [0.5, 0.6) is 17.2 Å². The molecule has 2 rings (SSSR count). The largest absolute Gasteiger partial charge is 0.497 e. The summed E-state index contributed by atoms with van der Waals surface area (Å²) in [6, 6.07) is 13.6. The maximum absolute atomic E-state index is 5.39. The monoisotopic (exact) mass is 244 g/mol. The molecule has 0 spiro atoms. The maximum Gasteiger partial charge on any atom is 0.130 e. The Labute approximate surface area is 107 Å². The summed E-state index contributed by atoms with van der Waals surface area (Å²) >= 11 is 0. The van der Waals surface area contributed by atoms with Crippen LogP contribution in [0.2, 0.25) is 0 Å². The van der Waals surface area contributed by atoms with Crippen LogP contribution in [0.25, 0.3) is 11.1 Å². The van der Waals surface area contributed by atoms with Crippen LogP contribution < -0.4 is 14.2 Å². The summed E-state index contributed by atoms with van der Waals surface area (Å²) < 4.78 is 15.9. The van der Waals surface area contributed by atoms with Gasteiger partial charge in [-0.25, -0.2) is 0 Å². The summed E-state index contributed by atoms with van der Waals surface area (Å²) in [4.78, 5) is 0. The fourth-order valence-electron chi connectivity index (χ4n) is 1.89. The lowest BCUT2D eigenvalue weighted by Crippen LogP contribution is -1.93. The van der Waals surface area contributed by atoms with Gasteiger partial charge in [-0.05, 0) is 29.8 Å². The van der Waals surface area contributed by atoms with Gasteiger partial charge in [0.15, 0.2) is 0 Å². The molecule has 3 heteroatoms. The van der Waals surface area contributed by atoms with E-state index in [0.717, 1.165) is 28.4 Å². The van der Waals surface area contributed by atoms with E-state index >= 15 is 0 Å². The molecule has 18 heavy (non-hydrogen) atoms. The predicted molar refractivity (Wildman–Crippen MR) is 71.5 cm³/mol. The Hall–Kier alpha value is -2.16. The Morgan fingerprint density at radius 2 is 1.22 bits per heavy atom. The van der Waals surface area contributed by atoms with Crippen LogP contribution in [0.15, 0.2) is 42.5 Å². The molecule has 0 aliphatic rings. The molecule has 0 aliphatic carbocycles. The minimum Gasteiger partial charge on any atom is -0.497 e. The summed E-state index contributed by atoms with van der Waals surface area (Å²) in [5.41, 5.74) is 1.98. The number of methoxy groups -OCH3 is 3. The first-order valence-corrected chi connectivity index (χ1v) is 5.65. The third-order valence-corrected chi connectivity index (χ3v) is 2.81. The fourth-order valence-corrected chi connectivity index (χ4v) is 1.89. The van der Waals surface area contributed by atoms with E-state index < -0.39 is 0 Å². The Morgan fingerprint density at radius 3 is 1.67 bits per heavy atom. The van der Waals surface area contributed by atoms with Crippen molar-refractivity contribution < 1.29 is 14.2 Å². The van der Waals surface area contributed by atoms with Gasteiger partial charge in [-0.15, -0.1) is 0 Å². The molecule has 0 heterocycles. The second-order valence-electron chi connectivity index (χ2n) is 3.77. The van der Waals surface area contributed by atoms with Gasteiger partial charge in [-0.2, -0.15) is 0 Å². The zero-order valence-corrected chi connectivity index (χ0v) is 10.8. The van der Waals surface area contributed by atoms with Crippen molar-refractivity contribution in [1.82, 2.24) is 0 Å². The summed E-state index contributed by atoms with van der Waals surface area (Å²) in [5, 5.41) is 0. The highest BCUT2D eigenvalue weighted by molar-refractivity contribution is 5.77. The second kappa shape index (κ2) is 5.45. The van der Waals surface area contributed by atoms with E-state index in [0.29, 0.717) is 0 Å². The summed E-state index contributed by atoms with van der Waals surface area (Å²) in [6.07, 6.45) is 0. The first-order chi connectivity index (χ1) is 8.80. The Balaban J connectivity index is 2.53. The molecule has 0 aromatic heterocycles. The van der Waals surface area contributed by atoms with Crippen molar-refractivity contribution in [1.29, 1.82) is 0 Å². The average molecular weight is 244 g/mol. The van der Waals surface area contributed by atoms with Gasteiger partial charge in [0.2, 0.25) is 0 Å². The number of hydrogen-bond acceptors (Lipinski definition) is 3. The zero-order valence-electron chi connectivity index (χ0n) is 10.8. The number of rotatable bonds is 4. The van der Waals surface area contributed by atoms with Crippen LogP contribution >= 0.6 is 0 Å². The van der Waals surface area contributed by atoms with E-state index in [1.165, 1.54) is 0 Å². The molecular weight excluding hydrogens is 228 g/mol. The fraction of sp³-hybridized carbons (Fsp3) is 0.200. The normalized spacial score (nSPS) is 9.94. The molecule has 0 unspecified atom stereocenters. The highest BCUT2D eigenvalue weighted by Gasteiger charge is 2.11. The molecule has 0 bridgehead atoms. The molecule has 0 saturated heterocycles. The smallest absolute Gasteiger partial charge is 0.130 e. The van der Waals surface area contributed by atoms with Crippen molar-refractivity contribution in [3.8, 4) is 28.4 Å². The van der Waals surface area contributed by atoms with Crippen molar-refractivity contribution in [3.05, 3.63) is 42.5 Å². The van der Waals surface area contributed by atoms with Crippen LogP contribution in [0.4, 0.5) is 0 Å². The summed E-state index contributed by atoms with van der Waals surface area (Å²) in [5.74, 6) is 2.41. The van der Waals surface area contributed by atoms with Crippen molar-refractivity contribution in [3.63, 3.8) is 0 Å². The topological polar surface area (TPSA) is 27.7 Å². The molecule has 3 nitrogen and oxygen atoms in total. The third kappa shape index (κ3) is 2.25. The highest BCUT2D eigenvalue weighted by atomic mass is 16.5. The lowest BCUT2D eigenvalue weighted by Gasteiger charge is -2.13. The van der Waals surface area contributed by atoms with Crippen molar-refractivity contribution in [2.24, 2.45) is 0 Å². The van der Waals surface area contributed by atoms with Gasteiger partial charge in [-0.1, -0.05) is 18.2 Å². The molecule has 2 aromatic carbocycles. The van der Waals surface area contributed by atoms with Crippen molar-refractivity contribution in [2.45, 2.75) is 0 Å². The van der Waals surface area contributed by atoms with Crippen LogP contribution in [0.1, 0.15) is 0 Å². The number of benzene rings is 2. The molecule has 0 fully saturated rings. The Bertz CT molecular complexity index is 496. The van der Waals surface area contributed by atoms with E-state index in [4.69, 9.17) is 14.2 Å². The predicted octanol–water partition coefficient (Wildman–Crippen LogP) is 3.38. The van der Waals surface area contributed by atoms with Crippen LogP contribution in [0.3, 0.4) is 0 Å². The quantitative estimate of drug-likeness (QED) is 0.825. The standard InChI is InChI=1S/C15H16O3/c1-16-12-9-7-11(8-10-12)15-13(17-2)5-4-6-14(15)18-3/h4-10H,1-3H3. The molecule has 0 N–H and O–H groups in total. The number of hydrogen-bond donors (Lipinski definition) is 0.